The van der Waals surface area contributed by atoms with Crippen molar-refractivity contribution >= 4 is 35.2 Å². The second-order valence-electron chi connectivity index (χ2n) is 7.07. The summed E-state index contributed by atoms with van der Waals surface area (Å²) in [4.78, 5) is 40.2. The van der Waals surface area contributed by atoms with E-state index in [9.17, 15) is 14.4 Å². The third-order valence-electron chi connectivity index (χ3n) is 4.87. The van der Waals surface area contributed by atoms with Gasteiger partial charge in [-0.25, -0.2) is 4.79 Å². The van der Waals surface area contributed by atoms with E-state index in [0.717, 1.165) is 12.1 Å². The van der Waals surface area contributed by atoms with Gasteiger partial charge in [0, 0.05) is 23.9 Å². The molecule has 2 fully saturated rings. The van der Waals surface area contributed by atoms with Crippen LogP contribution in [0.5, 0.6) is 0 Å². The van der Waals surface area contributed by atoms with Crippen molar-refractivity contribution in [1.82, 2.24) is 4.90 Å². The van der Waals surface area contributed by atoms with E-state index in [2.05, 4.69) is 0 Å². The van der Waals surface area contributed by atoms with Gasteiger partial charge in [-0.2, -0.15) is 0 Å². The summed E-state index contributed by atoms with van der Waals surface area (Å²) in [5.41, 5.74) is 0.766. The topological polar surface area (TPSA) is 66.9 Å². The van der Waals surface area contributed by atoms with E-state index < -0.39 is 12.0 Å². The van der Waals surface area contributed by atoms with Gasteiger partial charge < -0.3 is 14.5 Å². The highest BCUT2D eigenvalue weighted by Gasteiger charge is 2.53. The minimum Gasteiger partial charge on any atom is -0.454 e. The third kappa shape index (κ3) is 3.45. The Labute approximate surface area is 157 Å². The minimum absolute atomic E-state index is 0.0149. The number of hydrogen-bond donors (Lipinski definition) is 0. The van der Waals surface area contributed by atoms with Crippen LogP contribution in [0.1, 0.15) is 33.6 Å². The first-order chi connectivity index (χ1) is 12.3. The molecule has 7 heteroatoms. The van der Waals surface area contributed by atoms with Crippen LogP contribution in [-0.2, 0) is 19.1 Å². The normalized spacial score (nSPS) is 24.7. The van der Waals surface area contributed by atoms with Crippen molar-refractivity contribution < 1.29 is 19.1 Å². The largest absolute Gasteiger partial charge is 0.454 e. The van der Waals surface area contributed by atoms with Crippen molar-refractivity contribution in [2.24, 2.45) is 0 Å². The molecule has 0 N–H and O–H groups in total. The summed E-state index contributed by atoms with van der Waals surface area (Å²) < 4.78 is 5.30. The zero-order valence-electron chi connectivity index (χ0n) is 15.3. The van der Waals surface area contributed by atoms with Gasteiger partial charge in [-0.3, -0.25) is 9.59 Å². The number of carbonyl (C=O) groups excluding carboxylic acids is 3. The molecule has 1 aromatic rings. The van der Waals surface area contributed by atoms with Crippen LogP contribution in [-0.4, -0.2) is 52.0 Å². The predicted octanol–water partition coefficient (Wildman–Crippen LogP) is 2.43. The lowest BCUT2D eigenvalue weighted by atomic mass is 10.2. The molecule has 0 spiro atoms. The minimum atomic E-state index is -0.600. The number of benzene rings is 1. The summed E-state index contributed by atoms with van der Waals surface area (Å²) in [6.45, 7) is 5.48. The van der Waals surface area contributed by atoms with Crippen molar-refractivity contribution in [2.45, 2.75) is 50.6 Å². The van der Waals surface area contributed by atoms with Gasteiger partial charge in [0.2, 0.25) is 5.91 Å². The Morgan fingerprint density at radius 1 is 1.35 bits per heavy atom. The molecule has 0 saturated carbocycles. The fourth-order valence-corrected chi connectivity index (χ4v) is 5.03. The van der Waals surface area contributed by atoms with Gasteiger partial charge in [0.05, 0.1) is 4.87 Å². The molecule has 0 aromatic heterocycles. The Hall–Kier alpha value is -2.02. The Morgan fingerprint density at radius 2 is 2.04 bits per heavy atom. The number of ether oxygens (including phenoxy) is 1. The smallest absolute Gasteiger partial charge is 0.330 e. The van der Waals surface area contributed by atoms with Crippen molar-refractivity contribution in [3.63, 3.8) is 0 Å². The Kier molecular flexibility index (Phi) is 5.27. The van der Waals surface area contributed by atoms with E-state index in [1.807, 2.05) is 51.1 Å². The van der Waals surface area contributed by atoms with E-state index in [0.29, 0.717) is 12.2 Å². The van der Waals surface area contributed by atoms with Gasteiger partial charge in [-0.1, -0.05) is 18.2 Å². The Morgan fingerprint density at radius 3 is 2.69 bits per heavy atom. The number of hydrogen-bond acceptors (Lipinski definition) is 5. The first kappa shape index (κ1) is 18.8. The molecule has 26 heavy (non-hydrogen) atoms. The molecule has 2 atom stereocenters. The summed E-state index contributed by atoms with van der Waals surface area (Å²) in [6, 6.07) is 8.64. The SMILES string of the molecule is CC(C)N(C(=O)COC(=O)[C@H]1CS[C@]2(C)CCC(=O)N12)c1ccccc1. The molecule has 2 amide bonds. The maximum Gasteiger partial charge on any atom is 0.330 e. The maximum atomic E-state index is 12.6. The number of thioether (sulfide) groups is 1. The van der Waals surface area contributed by atoms with Gasteiger partial charge >= 0.3 is 5.97 Å². The average molecular weight is 376 g/mol. The second-order valence-corrected chi connectivity index (χ2v) is 8.57. The molecule has 1 aromatic carbocycles. The summed E-state index contributed by atoms with van der Waals surface area (Å²) in [7, 11) is 0. The van der Waals surface area contributed by atoms with Crippen molar-refractivity contribution in [2.75, 3.05) is 17.3 Å². The monoisotopic (exact) mass is 376 g/mol. The van der Waals surface area contributed by atoms with Crippen LogP contribution in [0, 0.1) is 0 Å². The number of carbonyl (C=O) groups is 3. The van der Waals surface area contributed by atoms with Crippen LogP contribution < -0.4 is 4.90 Å². The summed E-state index contributed by atoms with van der Waals surface area (Å²) in [5, 5.41) is 0. The van der Waals surface area contributed by atoms with Gasteiger partial charge in [0.15, 0.2) is 6.61 Å². The van der Waals surface area contributed by atoms with Crippen LogP contribution in [0.15, 0.2) is 30.3 Å². The van der Waals surface area contributed by atoms with E-state index in [1.165, 1.54) is 0 Å². The van der Waals surface area contributed by atoms with Gasteiger partial charge in [0.25, 0.3) is 5.91 Å². The molecular weight excluding hydrogens is 352 g/mol. The molecule has 0 radical (unpaired) electrons. The molecule has 0 aliphatic carbocycles. The average Bonchev–Trinajstić information content (AvgIpc) is 3.10. The van der Waals surface area contributed by atoms with Crippen LogP contribution in [0.25, 0.3) is 0 Å². The lowest BCUT2D eigenvalue weighted by Gasteiger charge is -2.30. The van der Waals surface area contributed by atoms with Crippen LogP contribution >= 0.6 is 11.8 Å². The van der Waals surface area contributed by atoms with Crippen molar-refractivity contribution in [1.29, 1.82) is 0 Å². The Balaban J connectivity index is 1.64. The zero-order chi connectivity index (χ0) is 18.9. The molecule has 6 nitrogen and oxygen atoms in total. The van der Waals surface area contributed by atoms with Crippen molar-refractivity contribution in [3.8, 4) is 0 Å². The lowest BCUT2D eigenvalue weighted by Crippen LogP contribution is -2.47. The zero-order valence-corrected chi connectivity index (χ0v) is 16.1. The van der Waals surface area contributed by atoms with E-state index in [1.54, 1.807) is 21.6 Å². The highest BCUT2D eigenvalue weighted by molar-refractivity contribution is 8.01. The van der Waals surface area contributed by atoms with Gasteiger partial charge in [-0.15, -0.1) is 11.8 Å². The fourth-order valence-electron chi connectivity index (χ4n) is 3.61. The van der Waals surface area contributed by atoms with Crippen LogP contribution in [0.3, 0.4) is 0 Å². The lowest BCUT2D eigenvalue weighted by molar-refractivity contribution is -0.155. The van der Waals surface area contributed by atoms with Crippen molar-refractivity contribution in [3.05, 3.63) is 30.3 Å². The van der Waals surface area contributed by atoms with E-state index >= 15 is 0 Å². The molecule has 140 valence electrons. The summed E-state index contributed by atoms with van der Waals surface area (Å²) in [5.74, 6) is -0.275. The van der Waals surface area contributed by atoms with Crippen LogP contribution in [0.2, 0.25) is 0 Å². The predicted molar refractivity (Wildman–Crippen MR) is 101 cm³/mol. The molecule has 0 unspecified atom stereocenters. The first-order valence-electron chi connectivity index (χ1n) is 8.83. The number of fused-ring (bicyclic) bond motifs is 1. The molecular formula is C19H24N2O4S. The fraction of sp³-hybridized carbons (Fsp3) is 0.526. The molecule has 2 aliphatic heterocycles. The number of rotatable bonds is 5. The highest BCUT2D eigenvalue weighted by atomic mass is 32.2. The molecule has 2 heterocycles. The number of amides is 2. The van der Waals surface area contributed by atoms with Crippen LogP contribution in [0.4, 0.5) is 5.69 Å². The number of nitrogens with zero attached hydrogens (tertiary/aromatic N) is 2. The molecule has 2 aliphatic rings. The first-order valence-corrected chi connectivity index (χ1v) is 9.82. The van der Waals surface area contributed by atoms with Gasteiger partial charge in [0.1, 0.15) is 6.04 Å². The van der Waals surface area contributed by atoms with Gasteiger partial charge in [-0.05, 0) is 39.3 Å². The maximum absolute atomic E-state index is 12.6. The quantitative estimate of drug-likeness (QED) is 0.739. The summed E-state index contributed by atoms with van der Waals surface area (Å²) >= 11 is 1.61. The second kappa shape index (κ2) is 7.31. The molecule has 0 bridgehead atoms. The molecule has 2 saturated heterocycles. The Bertz CT molecular complexity index is 709. The summed E-state index contributed by atoms with van der Waals surface area (Å²) in [6.07, 6.45) is 1.20. The van der Waals surface area contributed by atoms with E-state index in [-0.39, 0.29) is 29.3 Å². The number of para-hydroxylation sites is 1. The third-order valence-corrected chi connectivity index (χ3v) is 6.38. The highest BCUT2D eigenvalue weighted by Crippen LogP contribution is 2.47. The number of esters is 1. The van der Waals surface area contributed by atoms with E-state index in [4.69, 9.17) is 4.74 Å². The molecule has 3 rings (SSSR count). The number of anilines is 1. The standard InChI is InChI=1S/C19H24N2O4S/c1-13(2)20(14-7-5-4-6-8-14)17(23)11-25-18(24)15-12-26-19(3)10-9-16(22)21(15)19/h4-8,13,15H,9-12H2,1-3H3/t15-,19-/m1/s1.